The number of hydrogen-bond acceptors (Lipinski definition) is 3. The highest BCUT2D eigenvalue weighted by molar-refractivity contribution is 5.95. The molecule has 2 aromatic carbocycles. The molecule has 1 fully saturated rings. The summed E-state index contributed by atoms with van der Waals surface area (Å²) in [7, 11) is 0. The molecule has 0 spiro atoms. The first-order valence-electron chi connectivity index (χ1n) is 12.5. The monoisotopic (exact) mass is 445 g/mol. The maximum atomic E-state index is 11.6. The third-order valence-corrected chi connectivity index (χ3v) is 6.80. The van der Waals surface area contributed by atoms with Crippen molar-refractivity contribution in [3.8, 4) is 11.1 Å². The molecule has 174 valence electrons. The number of nitrogens with zero attached hydrogens (tertiary/aromatic N) is 3. The van der Waals surface area contributed by atoms with Gasteiger partial charge < -0.3 is 5.11 Å². The summed E-state index contributed by atoms with van der Waals surface area (Å²) >= 11 is 0. The first-order valence-corrected chi connectivity index (χ1v) is 12.5. The minimum absolute atomic E-state index is 0.325. The molecule has 0 saturated heterocycles. The Labute approximate surface area is 196 Å². The maximum Gasteiger partial charge on any atom is 0.336 e. The smallest absolute Gasteiger partial charge is 0.336 e. The second kappa shape index (κ2) is 11.3. The van der Waals surface area contributed by atoms with Gasteiger partial charge in [-0.25, -0.2) is 14.5 Å². The van der Waals surface area contributed by atoms with Gasteiger partial charge in [-0.15, -0.1) is 0 Å². The van der Waals surface area contributed by atoms with Gasteiger partial charge in [-0.1, -0.05) is 87.9 Å². The van der Waals surface area contributed by atoms with Crippen LogP contribution in [0.15, 0.2) is 48.5 Å². The molecule has 5 heteroatoms. The van der Waals surface area contributed by atoms with Crippen molar-refractivity contribution in [2.24, 2.45) is 5.92 Å². The number of aryl methyl sites for hydroxylation is 2. The van der Waals surface area contributed by atoms with Gasteiger partial charge in [-0.3, -0.25) is 0 Å². The predicted molar refractivity (Wildman–Crippen MR) is 131 cm³/mol. The summed E-state index contributed by atoms with van der Waals surface area (Å²) in [6.07, 6.45) is 12.3. The Kier molecular flexibility index (Phi) is 7.92. The van der Waals surface area contributed by atoms with Gasteiger partial charge in [-0.05, 0) is 41.5 Å². The highest BCUT2D eigenvalue weighted by Gasteiger charge is 2.16. The van der Waals surface area contributed by atoms with E-state index in [-0.39, 0.29) is 0 Å². The standard InChI is InChI=1S/C28H35N3O2/c1-2-3-13-27-29-26(19-16-21-9-5-4-6-10-21)30-31(27)20-22-14-17-23(18-15-22)24-11-7-8-12-25(24)28(32)33/h7-8,11-12,14-15,17-18,21H,2-6,9-10,13,16,19-20H2,1H3,(H,32,33). The minimum Gasteiger partial charge on any atom is -0.478 e. The number of carbonyl (C=O) groups is 1. The third kappa shape index (κ3) is 6.10. The molecule has 33 heavy (non-hydrogen) atoms. The van der Waals surface area contributed by atoms with Crippen LogP contribution in [0.1, 0.15) is 85.9 Å². The van der Waals surface area contributed by atoms with Crippen molar-refractivity contribution in [3.63, 3.8) is 0 Å². The topological polar surface area (TPSA) is 68.0 Å². The molecule has 5 nitrogen and oxygen atoms in total. The molecule has 0 aliphatic heterocycles. The van der Waals surface area contributed by atoms with Gasteiger partial charge in [0.25, 0.3) is 0 Å². The fourth-order valence-electron chi connectivity index (χ4n) is 4.87. The normalized spacial score (nSPS) is 14.5. The van der Waals surface area contributed by atoms with E-state index in [0.717, 1.165) is 59.9 Å². The molecule has 1 N–H and O–H groups in total. The highest BCUT2D eigenvalue weighted by Crippen LogP contribution is 2.27. The van der Waals surface area contributed by atoms with Crippen molar-refractivity contribution in [1.82, 2.24) is 14.8 Å². The minimum atomic E-state index is -0.904. The van der Waals surface area contributed by atoms with Crippen molar-refractivity contribution in [2.75, 3.05) is 0 Å². The van der Waals surface area contributed by atoms with Crippen molar-refractivity contribution < 1.29 is 9.90 Å². The van der Waals surface area contributed by atoms with Crippen LogP contribution >= 0.6 is 0 Å². The second-order valence-corrected chi connectivity index (χ2v) is 9.30. The van der Waals surface area contributed by atoms with Gasteiger partial charge in [0.2, 0.25) is 0 Å². The molecule has 0 unspecified atom stereocenters. The first kappa shape index (κ1) is 23.2. The van der Waals surface area contributed by atoms with Gasteiger partial charge >= 0.3 is 5.97 Å². The molecular formula is C28H35N3O2. The van der Waals surface area contributed by atoms with E-state index in [4.69, 9.17) is 10.1 Å². The van der Waals surface area contributed by atoms with E-state index in [1.165, 1.54) is 38.5 Å². The number of benzene rings is 2. The van der Waals surface area contributed by atoms with Crippen molar-refractivity contribution in [1.29, 1.82) is 0 Å². The molecule has 0 atom stereocenters. The maximum absolute atomic E-state index is 11.6. The first-order chi connectivity index (χ1) is 16.1. The SMILES string of the molecule is CCCCc1nc(CCC2CCCCC2)nn1Cc1ccc(-c2ccccc2C(=O)O)cc1. The van der Waals surface area contributed by atoms with Crippen LogP contribution in [0.25, 0.3) is 11.1 Å². The van der Waals surface area contributed by atoms with Crippen LogP contribution in [0.2, 0.25) is 0 Å². The van der Waals surface area contributed by atoms with E-state index in [2.05, 4.69) is 23.7 Å². The summed E-state index contributed by atoms with van der Waals surface area (Å²) < 4.78 is 2.08. The van der Waals surface area contributed by atoms with Crippen LogP contribution in [-0.4, -0.2) is 25.8 Å². The lowest BCUT2D eigenvalue weighted by Gasteiger charge is -2.20. The number of carboxylic acids is 1. The van der Waals surface area contributed by atoms with Gasteiger partial charge in [0.15, 0.2) is 5.82 Å². The Bertz CT molecular complexity index is 1050. The van der Waals surface area contributed by atoms with Gasteiger partial charge in [0, 0.05) is 12.8 Å². The zero-order valence-electron chi connectivity index (χ0n) is 19.7. The van der Waals surface area contributed by atoms with Crippen LogP contribution in [0.3, 0.4) is 0 Å². The number of hydrogen-bond donors (Lipinski definition) is 1. The van der Waals surface area contributed by atoms with Crippen LogP contribution in [-0.2, 0) is 19.4 Å². The molecule has 4 rings (SSSR count). The molecule has 1 saturated carbocycles. The Morgan fingerprint density at radius 1 is 1.03 bits per heavy atom. The number of aromatic carboxylic acids is 1. The lowest BCUT2D eigenvalue weighted by Crippen LogP contribution is -2.08. The molecule has 3 aromatic rings. The molecular weight excluding hydrogens is 410 g/mol. The Morgan fingerprint density at radius 2 is 1.79 bits per heavy atom. The zero-order valence-corrected chi connectivity index (χ0v) is 19.7. The van der Waals surface area contributed by atoms with E-state index in [0.29, 0.717) is 12.1 Å². The van der Waals surface area contributed by atoms with Crippen LogP contribution in [0.5, 0.6) is 0 Å². The largest absolute Gasteiger partial charge is 0.478 e. The van der Waals surface area contributed by atoms with E-state index < -0.39 is 5.97 Å². The molecule has 1 aliphatic rings. The summed E-state index contributed by atoms with van der Waals surface area (Å²) in [6, 6.07) is 15.3. The summed E-state index contributed by atoms with van der Waals surface area (Å²) in [5.74, 6) is 2.00. The van der Waals surface area contributed by atoms with Crippen molar-refractivity contribution in [3.05, 3.63) is 71.3 Å². The Morgan fingerprint density at radius 3 is 2.52 bits per heavy atom. The third-order valence-electron chi connectivity index (χ3n) is 6.80. The average Bonchev–Trinajstić information content (AvgIpc) is 3.24. The number of carboxylic acid groups (broad SMARTS) is 1. The number of unbranched alkanes of at least 4 members (excludes halogenated alkanes) is 1. The van der Waals surface area contributed by atoms with E-state index in [1.54, 1.807) is 12.1 Å². The molecule has 1 aromatic heterocycles. The fourth-order valence-corrected chi connectivity index (χ4v) is 4.87. The lowest BCUT2D eigenvalue weighted by atomic mass is 9.86. The highest BCUT2D eigenvalue weighted by atomic mass is 16.4. The summed E-state index contributed by atoms with van der Waals surface area (Å²) in [5.41, 5.74) is 3.12. The average molecular weight is 446 g/mol. The number of rotatable bonds is 10. The molecule has 1 aliphatic carbocycles. The van der Waals surface area contributed by atoms with E-state index >= 15 is 0 Å². The van der Waals surface area contributed by atoms with E-state index in [1.807, 2.05) is 24.3 Å². The summed E-state index contributed by atoms with van der Waals surface area (Å²) in [6.45, 7) is 2.90. The lowest BCUT2D eigenvalue weighted by molar-refractivity contribution is 0.0697. The molecule has 0 bridgehead atoms. The van der Waals surface area contributed by atoms with Gasteiger partial charge in [-0.2, -0.15) is 5.10 Å². The molecule has 0 amide bonds. The molecule has 0 radical (unpaired) electrons. The Balaban J connectivity index is 1.48. The predicted octanol–water partition coefficient (Wildman–Crippen LogP) is 6.55. The molecule has 1 heterocycles. The number of aromatic nitrogens is 3. The van der Waals surface area contributed by atoms with E-state index in [9.17, 15) is 9.90 Å². The summed E-state index contributed by atoms with van der Waals surface area (Å²) in [4.78, 5) is 16.5. The quantitative estimate of drug-likeness (QED) is 0.384. The van der Waals surface area contributed by atoms with Crippen LogP contribution in [0.4, 0.5) is 0 Å². The van der Waals surface area contributed by atoms with Crippen molar-refractivity contribution >= 4 is 5.97 Å². The van der Waals surface area contributed by atoms with Gasteiger partial charge in [0.05, 0.1) is 12.1 Å². The fraction of sp³-hybridized carbons (Fsp3) is 0.464. The summed E-state index contributed by atoms with van der Waals surface area (Å²) in [5, 5.41) is 14.4. The zero-order chi connectivity index (χ0) is 23.0. The second-order valence-electron chi connectivity index (χ2n) is 9.30. The van der Waals surface area contributed by atoms with Gasteiger partial charge in [0.1, 0.15) is 5.82 Å². The van der Waals surface area contributed by atoms with Crippen LogP contribution < -0.4 is 0 Å². The van der Waals surface area contributed by atoms with Crippen LogP contribution in [0, 0.1) is 5.92 Å². The van der Waals surface area contributed by atoms with Crippen molar-refractivity contribution in [2.45, 2.75) is 77.7 Å². The Hall–Kier alpha value is -2.95.